The first-order chi connectivity index (χ1) is 10.7. The molecule has 2 rings (SSSR count). The Morgan fingerprint density at radius 3 is 2.59 bits per heavy atom. The summed E-state index contributed by atoms with van der Waals surface area (Å²) in [4.78, 5) is 11.2. The van der Waals surface area contributed by atoms with Gasteiger partial charge >= 0.3 is 0 Å². The lowest BCUT2D eigenvalue weighted by Crippen LogP contribution is -2.27. The fourth-order valence-corrected chi connectivity index (χ4v) is 3.08. The molecule has 0 bridgehead atoms. The third-order valence-corrected chi connectivity index (χ3v) is 4.50. The molecule has 0 spiro atoms. The number of hydrogen-bond donors (Lipinski definition) is 1. The summed E-state index contributed by atoms with van der Waals surface area (Å²) in [5.41, 5.74) is 0. The number of benzene rings is 1. The lowest BCUT2D eigenvalue weighted by Gasteiger charge is -2.18. The SMILES string of the molecule is CC=O.CCN(CC)CCOc1cccc2cc(NC)sc12. The van der Waals surface area contributed by atoms with Crippen molar-refractivity contribution in [2.45, 2.75) is 20.8 Å². The Bertz CT molecular complexity index is 565. The predicted molar refractivity (Wildman–Crippen MR) is 96.4 cm³/mol. The number of carbonyl (C=O) groups excluding carboxylic acids is 1. The average Bonchev–Trinajstić information content (AvgIpc) is 2.96. The standard InChI is InChI=1S/C15H22N2OS.C2H4O/c1-4-17(5-2)9-10-18-13-8-6-7-12-11-14(16-3)19-15(12)13;1-2-3/h6-8,11,16H,4-5,9-10H2,1-3H3;2H,1H3. The monoisotopic (exact) mass is 322 g/mol. The molecule has 1 N–H and O–H groups in total. The van der Waals surface area contributed by atoms with Crippen molar-refractivity contribution >= 4 is 32.7 Å². The molecule has 22 heavy (non-hydrogen) atoms. The minimum atomic E-state index is 0.744. The van der Waals surface area contributed by atoms with Crippen molar-refractivity contribution in [3.8, 4) is 5.75 Å². The molecular formula is C17H26N2O2S. The predicted octanol–water partition coefficient (Wildman–Crippen LogP) is 3.87. The maximum Gasteiger partial charge on any atom is 0.137 e. The number of nitrogens with zero attached hydrogens (tertiary/aromatic N) is 1. The molecule has 5 heteroatoms. The molecule has 1 aromatic carbocycles. The van der Waals surface area contributed by atoms with E-state index < -0.39 is 0 Å². The summed E-state index contributed by atoms with van der Waals surface area (Å²) in [5, 5.41) is 5.61. The Balaban J connectivity index is 0.000000745. The third-order valence-electron chi connectivity index (χ3n) is 3.31. The molecule has 0 aliphatic heterocycles. The van der Waals surface area contributed by atoms with Crippen molar-refractivity contribution in [3.63, 3.8) is 0 Å². The Kier molecular flexibility index (Phi) is 8.55. The highest BCUT2D eigenvalue weighted by Gasteiger charge is 2.07. The van der Waals surface area contributed by atoms with Gasteiger partial charge in [-0.1, -0.05) is 26.0 Å². The average molecular weight is 322 g/mol. The Morgan fingerprint density at radius 2 is 2.00 bits per heavy atom. The second-order valence-electron chi connectivity index (χ2n) is 4.65. The smallest absolute Gasteiger partial charge is 0.137 e. The summed E-state index contributed by atoms with van der Waals surface area (Å²) in [6.07, 6.45) is 0.750. The number of aldehydes is 1. The lowest BCUT2D eigenvalue weighted by molar-refractivity contribution is -0.106. The zero-order chi connectivity index (χ0) is 16.4. The number of thiophene rings is 1. The summed E-state index contributed by atoms with van der Waals surface area (Å²) < 4.78 is 7.18. The van der Waals surface area contributed by atoms with Crippen LogP contribution >= 0.6 is 11.3 Å². The van der Waals surface area contributed by atoms with E-state index in [0.717, 1.165) is 38.3 Å². The van der Waals surface area contributed by atoms with Crippen LogP contribution in [0.15, 0.2) is 24.3 Å². The highest BCUT2D eigenvalue weighted by molar-refractivity contribution is 7.23. The summed E-state index contributed by atoms with van der Waals surface area (Å²) >= 11 is 1.74. The normalized spacial score (nSPS) is 10.2. The molecule has 0 radical (unpaired) electrons. The molecule has 0 saturated heterocycles. The van der Waals surface area contributed by atoms with Gasteiger partial charge in [-0.05, 0) is 37.5 Å². The Labute approximate surface area is 137 Å². The number of hydrogen-bond acceptors (Lipinski definition) is 5. The van der Waals surface area contributed by atoms with Crippen molar-refractivity contribution in [2.75, 3.05) is 38.6 Å². The largest absolute Gasteiger partial charge is 0.491 e. The van der Waals surface area contributed by atoms with Crippen LogP contribution in [0.2, 0.25) is 0 Å². The van der Waals surface area contributed by atoms with Crippen molar-refractivity contribution in [1.82, 2.24) is 4.90 Å². The minimum absolute atomic E-state index is 0.744. The highest BCUT2D eigenvalue weighted by Crippen LogP contribution is 2.36. The number of nitrogens with one attached hydrogen (secondary N) is 1. The van der Waals surface area contributed by atoms with Gasteiger partial charge in [0, 0.05) is 13.6 Å². The van der Waals surface area contributed by atoms with E-state index in [0.29, 0.717) is 0 Å². The minimum Gasteiger partial charge on any atom is -0.491 e. The fourth-order valence-electron chi connectivity index (χ4n) is 2.10. The number of ether oxygens (including phenoxy) is 1. The molecule has 122 valence electrons. The van der Waals surface area contributed by atoms with Gasteiger partial charge in [-0.3, -0.25) is 0 Å². The maximum atomic E-state index is 8.81. The van der Waals surface area contributed by atoms with Gasteiger partial charge in [0.1, 0.15) is 18.6 Å². The lowest BCUT2D eigenvalue weighted by atomic mass is 10.2. The zero-order valence-electron chi connectivity index (χ0n) is 13.9. The second-order valence-corrected chi connectivity index (χ2v) is 5.70. The van der Waals surface area contributed by atoms with E-state index in [2.05, 4.69) is 48.3 Å². The van der Waals surface area contributed by atoms with Gasteiger partial charge < -0.3 is 19.7 Å². The molecule has 1 aromatic heterocycles. The van der Waals surface area contributed by atoms with E-state index in [1.54, 1.807) is 11.3 Å². The van der Waals surface area contributed by atoms with Crippen LogP contribution in [0.25, 0.3) is 10.1 Å². The maximum absolute atomic E-state index is 8.81. The summed E-state index contributed by atoms with van der Waals surface area (Å²) in [6, 6.07) is 8.41. The Hall–Kier alpha value is -1.59. The van der Waals surface area contributed by atoms with Crippen LogP contribution in [-0.4, -0.2) is 44.5 Å². The van der Waals surface area contributed by atoms with Gasteiger partial charge in [0.25, 0.3) is 0 Å². The molecule has 0 atom stereocenters. The van der Waals surface area contributed by atoms with Crippen LogP contribution in [0.4, 0.5) is 5.00 Å². The molecule has 0 aliphatic carbocycles. The van der Waals surface area contributed by atoms with E-state index in [9.17, 15) is 0 Å². The summed E-state index contributed by atoms with van der Waals surface area (Å²) in [5.74, 6) is 0.996. The van der Waals surface area contributed by atoms with Crippen molar-refractivity contribution in [3.05, 3.63) is 24.3 Å². The van der Waals surface area contributed by atoms with E-state index in [1.165, 1.54) is 22.0 Å². The summed E-state index contributed by atoms with van der Waals surface area (Å²) in [7, 11) is 1.95. The number of carbonyl (C=O) groups is 1. The molecule has 0 saturated carbocycles. The molecule has 0 fully saturated rings. The third kappa shape index (κ3) is 5.31. The molecule has 4 nitrogen and oxygen atoms in total. The second kappa shape index (κ2) is 10.2. The van der Waals surface area contributed by atoms with Gasteiger partial charge in [-0.25, -0.2) is 0 Å². The van der Waals surface area contributed by atoms with Gasteiger partial charge in [-0.15, -0.1) is 11.3 Å². The molecule has 0 unspecified atom stereocenters. The van der Waals surface area contributed by atoms with Crippen molar-refractivity contribution in [1.29, 1.82) is 0 Å². The van der Waals surface area contributed by atoms with E-state index in [1.807, 2.05) is 7.05 Å². The van der Waals surface area contributed by atoms with Crippen molar-refractivity contribution in [2.24, 2.45) is 0 Å². The zero-order valence-corrected chi connectivity index (χ0v) is 14.7. The van der Waals surface area contributed by atoms with Crippen molar-refractivity contribution < 1.29 is 9.53 Å². The fraction of sp³-hybridized carbons (Fsp3) is 0.471. The first-order valence-corrected chi connectivity index (χ1v) is 8.46. The van der Waals surface area contributed by atoms with Crippen LogP contribution in [0.5, 0.6) is 5.75 Å². The molecule has 0 amide bonds. The van der Waals surface area contributed by atoms with Crippen LogP contribution < -0.4 is 10.1 Å². The molecular weight excluding hydrogens is 296 g/mol. The Morgan fingerprint density at radius 1 is 1.32 bits per heavy atom. The summed E-state index contributed by atoms with van der Waals surface area (Å²) in [6.45, 7) is 9.69. The molecule has 0 aliphatic rings. The van der Waals surface area contributed by atoms with Gasteiger partial charge in [0.05, 0.1) is 9.70 Å². The van der Waals surface area contributed by atoms with Crippen LogP contribution in [0.3, 0.4) is 0 Å². The quantitative estimate of drug-likeness (QED) is 0.786. The van der Waals surface area contributed by atoms with Gasteiger partial charge in [-0.2, -0.15) is 0 Å². The first kappa shape index (κ1) is 18.5. The highest BCUT2D eigenvalue weighted by atomic mass is 32.1. The van der Waals surface area contributed by atoms with Crippen LogP contribution in [0, 0.1) is 0 Å². The van der Waals surface area contributed by atoms with E-state index in [-0.39, 0.29) is 0 Å². The number of fused-ring (bicyclic) bond motifs is 1. The first-order valence-electron chi connectivity index (χ1n) is 7.65. The number of rotatable bonds is 7. The number of anilines is 1. The topological polar surface area (TPSA) is 41.6 Å². The molecule has 1 heterocycles. The van der Waals surface area contributed by atoms with Gasteiger partial charge in [0.15, 0.2) is 0 Å². The van der Waals surface area contributed by atoms with E-state index in [4.69, 9.17) is 9.53 Å². The van der Waals surface area contributed by atoms with E-state index >= 15 is 0 Å². The van der Waals surface area contributed by atoms with Crippen LogP contribution in [0.1, 0.15) is 20.8 Å². The van der Waals surface area contributed by atoms with Crippen LogP contribution in [-0.2, 0) is 4.79 Å². The number of likely N-dealkylation sites (N-methyl/N-ethyl adjacent to an activating group) is 1. The van der Waals surface area contributed by atoms with Gasteiger partial charge in [0.2, 0.25) is 0 Å². The molecule has 2 aromatic rings.